The number of benzene rings is 1. The number of hydrogen-bond donors (Lipinski definition) is 0. The van der Waals surface area contributed by atoms with E-state index in [-0.39, 0.29) is 30.2 Å². The van der Waals surface area contributed by atoms with Crippen molar-refractivity contribution in [2.45, 2.75) is 32.7 Å². The number of hydrogen-bond acceptors (Lipinski definition) is 4. The highest BCUT2D eigenvalue weighted by Gasteiger charge is 2.41. The second-order valence-electron chi connectivity index (χ2n) is 6.59. The van der Waals surface area contributed by atoms with E-state index in [2.05, 4.69) is 11.2 Å². The number of carbonyl (C=O) groups excluding carboxylic acids is 2. The van der Waals surface area contributed by atoms with Gasteiger partial charge in [0.2, 0.25) is 11.8 Å². The maximum atomic E-state index is 13.1. The summed E-state index contributed by atoms with van der Waals surface area (Å²) in [4.78, 5) is 28.8. The molecule has 2 amide bonds. The summed E-state index contributed by atoms with van der Waals surface area (Å²) in [7, 11) is 0. The van der Waals surface area contributed by atoms with Crippen molar-refractivity contribution in [1.82, 2.24) is 5.16 Å². The van der Waals surface area contributed by atoms with Crippen LogP contribution in [-0.4, -0.2) is 29.6 Å². The minimum atomic E-state index is -0.344. The van der Waals surface area contributed by atoms with Crippen LogP contribution in [0.5, 0.6) is 0 Å². The van der Waals surface area contributed by atoms with Gasteiger partial charge in [-0.25, -0.2) is 0 Å². The van der Waals surface area contributed by atoms with Gasteiger partial charge in [-0.3, -0.25) is 14.5 Å². The first-order valence-corrected chi connectivity index (χ1v) is 8.19. The first kappa shape index (κ1) is 14.9. The Labute approximate surface area is 140 Å². The van der Waals surface area contributed by atoms with Gasteiger partial charge in [0.05, 0.1) is 5.92 Å². The van der Waals surface area contributed by atoms with Crippen molar-refractivity contribution in [3.05, 3.63) is 41.7 Å². The highest BCUT2D eigenvalue weighted by molar-refractivity contribution is 6.05. The summed E-state index contributed by atoms with van der Waals surface area (Å²) in [6.07, 6.45) is 1.07. The first-order valence-electron chi connectivity index (χ1n) is 8.19. The predicted octanol–water partition coefficient (Wildman–Crippen LogP) is 2.31. The van der Waals surface area contributed by atoms with Crippen LogP contribution in [0.1, 0.15) is 24.7 Å². The predicted molar refractivity (Wildman–Crippen MR) is 88.8 cm³/mol. The van der Waals surface area contributed by atoms with Crippen LogP contribution in [0.3, 0.4) is 0 Å². The number of fused-ring (bicyclic) bond motifs is 1. The van der Waals surface area contributed by atoms with E-state index >= 15 is 0 Å². The molecule has 6 heteroatoms. The van der Waals surface area contributed by atoms with E-state index in [1.165, 1.54) is 5.56 Å². The molecular formula is C18H19N3O3. The Morgan fingerprint density at radius 2 is 2.08 bits per heavy atom. The molecule has 24 heavy (non-hydrogen) atoms. The molecular weight excluding hydrogens is 306 g/mol. The number of anilines is 2. The lowest BCUT2D eigenvalue weighted by Crippen LogP contribution is -2.41. The molecule has 1 aromatic carbocycles. The molecule has 0 N–H and O–H groups in total. The minimum Gasteiger partial charge on any atom is -0.360 e. The molecule has 0 spiro atoms. The molecule has 6 nitrogen and oxygen atoms in total. The van der Waals surface area contributed by atoms with E-state index in [1.807, 2.05) is 30.0 Å². The van der Waals surface area contributed by atoms with Crippen molar-refractivity contribution >= 4 is 23.3 Å². The van der Waals surface area contributed by atoms with Crippen molar-refractivity contribution in [3.63, 3.8) is 0 Å². The lowest BCUT2D eigenvalue weighted by molar-refractivity contribution is -0.124. The van der Waals surface area contributed by atoms with Crippen molar-refractivity contribution < 1.29 is 14.1 Å². The fourth-order valence-corrected chi connectivity index (χ4v) is 3.67. The van der Waals surface area contributed by atoms with E-state index in [1.54, 1.807) is 17.9 Å². The average Bonchev–Trinajstić information content (AvgIpc) is 3.23. The highest BCUT2D eigenvalue weighted by Crippen LogP contribution is 2.35. The Kier molecular flexibility index (Phi) is 3.40. The van der Waals surface area contributed by atoms with Crippen LogP contribution in [0.15, 0.2) is 34.9 Å². The number of aromatic nitrogens is 1. The van der Waals surface area contributed by atoms with Gasteiger partial charge in [-0.2, -0.15) is 0 Å². The van der Waals surface area contributed by atoms with Gasteiger partial charge in [-0.15, -0.1) is 0 Å². The summed E-state index contributed by atoms with van der Waals surface area (Å²) in [6, 6.07) is 9.82. The van der Waals surface area contributed by atoms with Crippen LogP contribution >= 0.6 is 0 Å². The van der Waals surface area contributed by atoms with Gasteiger partial charge in [0.1, 0.15) is 5.76 Å². The van der Waals surface area contributed by atoms with Crippen molar-refractivity contribution in [2.75, 3.05) is 16.3 Å². The second kappa shape index (κ2) is 5.47. The molecule has 2 atom stereocenters. The summed E-state index contributed by atoms with van der Waals surface area (Å²) in [6.45, 7) is 4.19. The normalized spacial score (nSPS) is 23.0. The molecule has 3 heterocycles. The van der Waals surface area contributed by atoms with E-state index in [9.17, 15) is 9.59 Å². The molecule has 2 aromatic rings. The first-order chi connectivity index (χ1) is 11.5. The van der Waals surface area contributed by atoms with Crippen LogP contribution in [0.25, 0.3) is 0 Å². The monoisotopic (exact) mass is 325 g/mol. The quantitative estimate of drug-likeness (QED) is 0.850. The smallest absolute Gasteiger partial charge is 0.232 e. The SMILES string of the molecule is Cc1cc(N2CC(C(=O)N3c4ccccc4CC3C)CC2=O)no1. The zero-order chi connectivity index (χ0) is 16.8. The number of para-hydroxylation sites is 1. The van der Waals surface area contributed by atoms with Gasteiger partial charge in [0.15, 0.2) is 5.82 Å². The molecule has 2 unspecified atom stereocenters. The van der Waals surface area contributed by atoms with Gasteiger partial charge < -0.3 is 9.42 Å². The van der Waals surface area contributed by atoms with Crippen molar-refractivity contribution in [2.24, 2.45) is 5.92 Å². The number of nitrogens with zero attached hydrogens (tertiary/aromatic N) is 3. The summed E-state index contributed by atoms with van der Waals surface area (Å²) in [5.41, 5.74) is 2.16. The molecule has 0 saturated carbocycles. The van der Waals surface area contributed by atoms with Crippen molar-refractivity contribution in [1.29, 1.82) is 0 Å². The number of aryl methyl sites for hydroxylation is 1. The molecule has 0 radical (unpaired) electrons. The summed E-state index contributed by atoms with van der Waals surface area (Å²) in [5, 5.41) is 3.90. The Balaban J connectivity index is 1.57. The lowest BCUT2D eigenvalue weighted by atomic mass is 10.1. The molecule has 1 saturated heterocycles. The lowest BCUT2D eigenvalue weighted by Gasteiger charge is -2.25. The molecule has 2 aliphatic heterocycles. The second-order valence-corrected chi connectivity index (χ2v) is 6.59. The zero-order valence-electron chi connectivity index (χ0n) is 13.7. The Bertz CT molecular complexity index is 813. The Morgan fingerprint density at radius 1 is 1.29 bits per heavy atom. The number of rotatable bonds is 2. The molecule has 4 rings (SSSR count). The van der Waals surface area contributed by atoms with E-state index in [4.69, 9.17) is 4.52 Å². The van der Waals surface area contributed by atoms with Gasteiger partial charge in [-0.1, -0.05) is 23.4 Å². The molecule has 1 fully saturated rings. The Hall–Kier alpha value is -2.63. The van der Waals surface area contributed by atoms with Gasteiger partial charge in [0.25, 0.3) is 0 Å². The van der Waals surface area contributed by atoms with Gasteiger partial charge in [0, 0.05) is 30.8 Å². The third-order valence-corrected chi connectivity index (χ3v) is 4.81. The Morgan fingerprint density at radius 3 is 2.83 bits per heavy atom. The molecule has 0 aliphatic carbocycles. The minimum absolute atomic E-state index is 0.0171. The largest absolute Gasteiger partial charge is 0.360 e. The van der Waals surface area contributed by atoms with E-state index < -0.39 is 0 Å². The van der Waals surface area contributed by atoms with E-state index in [0.717, 1.165) is 12.1 Å². The fraction of sp³-hybridized carbons (Fsp3) is 0.389. The molecule has 1 aromatic heterocycles. The standard InChI is InChI=1S/C18H19N3O3/c1-11-7-13-5-3-4-6-15(13)21(11)18(23)14-9-17(22)20(10-14)16-8-12(2)24-19-16/h3-6,8,11,14H,7,9-10H2,1-2H3. The summed E-state index contributed by atoms with van der Waals surface area (Å²) >= 11 is 0. The highest BCUT2D eigenvalue weighted by atomic mass is 16.5. The average molecular weight is 325 g/mol. The van der Waals surface area contributed by atoms with Gasteiger partial charge >= 0.3 is 0 Å². The number of amides is 2. The van der Waals surface area contributed by atoms with Crippen LogP contribution in [-0.2, 0) is 16.0 Å². The van der Waals surface area contributed by atoms with Crippen molar-refractivity contribution in [3.8, 4) is 0 Å². The fourth-order valence-electron chi connectivity index (χ4n) is 3.67. The summed E-state index contributed by atoms with van der Waals surface area (Å²) < 4.78 is 5.05. The van der Waals surface area contributed by atoms with E-state index in [0.29, 0.717) is 18.1 Å². The molecule has 2 aliphatic rings. The maximum Gasteiger partial charge on any atom is 0.232 e. The van der Waals surface area contributed by atoms with Crippen LogP contribution in [0.4, 0.5) is 11.5 Å². The third-order valence-electron chi connectivity index (χ3n) is 4.81. The van der Waals surface area contributed by atoms with Crippen LogP contribution in [0, 0.1) is 12.8 Å². The number of carbonyl (C=O) groups is 2. The zero-order valence-corrected chi connectivity index (χ0v) is 13.7. The topological polar surface area (TPSA) is 66.7 Å². The molecule has 0 bridgehead atoms. The maximum absolute atomic E-state index is 13.1. The van der Waals surface area contributed by atoms with Crippen LogP contribution < -0.4 is 9.80 Å². The third kappa shape index (κ3) is 2.29. The van der Waals surface area contributed by atoms with Crippen LogP contribution in [0.2, 0.25) is 0 Å². The molecule has 124 valence electrons. The van der Waals surface area contributed by atoms with Gasteiger partial charge in [-0.05, 0) is 31.9 Å². The summed E-state index contributed by atoms with van der Waals surface area (Å²) in [5.74, 6) is 0.728.